The summed E-state index contributed by atoms with van der Waals surface area (Å²) in [6, 6.07) is 0.188. The predicted molar refractivity (Wildman–Crippen MR) is 61.6 cm³/mol. The first-order chi connectivity index (χ1) is 7.08. The zero-order chi connectivity index (χ0) is 11.8. The first-order valence-corrected chi connectivity index (χ1v) is 5.62. The average molecular weight is 216 g/mol. The topological polar surface area (TPSA) is 55.6 Å². The Morgan fingerprint density at radius 3 is 2.33 bits per heavy atom. The summed E-state index contributed by atoms with van der Waals surface area (Å²) in [7, 11) is 1.67. The molecule has 0 aromatic heterocycles. The van der Waals surface area contributed by atoms with Crippen LogP contribution in [0.2, 0.25) is 0 Å². The highest BCUT2D eigenvalue weighted by Gasteiger charge is 2.24. The van der Waals surface area contributed by atoms with Gasteiger partial charge in [-0.15, -0.1) is 0 Å². The van der Waals surface area contributed by atoms with Gasteiger partial charge in [-0.3, -0.25) is 9.69 Å². The molecule has 0 radical (unpaired) electrons. The second-order valence-electron chi connectivity index (χ2n) is 3.81. The van der Waals surface area contributed by atoms with Crippen LogP contribution in [0.25, 0.3) is 0 Å². The number of nitrogens with two attached hydrogens (primary N) is 1. The second kappa shape index (κ2) is 7.65. The molecule has 2 N–H and O–H groups in total. The molecule has 4 nitrogen and oxygen atoms in total. The Kier molecular flexibility index (Phi) is 7.34. The van der Waals surface area contributed by atoms with Crippen LogP contribution in [0.1, 0.15) is 33.6 Å². The molecule has 2 unspecified atom stereocenters. The molecule has 0 aromatic rings. The quantitative estimate of drug-likeness (QED) is 0.658. The van der Waals surface area contributed by atoms with Gasteiger partial charge in [-0.25, -0.2) is 0 Å². The molecule has 90 valence electrons. The van der Waals surface area contributed by atoms with E-state index in [0.717, 1.165) is 19.4 Å². The normalized spacial score (nSPS) is 15.3. The largest absolute Gasteiger partial charge is 0.383 e. The lowest BCUT2D eigenvalue weighted by Gasteiger charge is -2.33. The minimum atomic E-state index is -0.242. The zero-order valence-electron chi connectivity index (χ0n) is 10.3. The van der Waals surface area contributed by atoms with Crippen molar-refractivity contribution in [1.82, 2.24) is 4.90 Å². The van der Waals surface area contributed by atoms with E-state index in [2.05, 4.69) is 18.7 Å². The van der Waals surface area contributed by atoms with Gasteiger partial charge in [0.15, 0.2) is 0 Å². The van der Waals surface area contributed by atoms with Crippen molar-refractivity contribution in [2.45, 2.75) is 45.7 Å². The number of carbonyl (C=O) groups excluding carboxylic acids is 1. The molecule has 2 atom stereocenters. The molecule has 0 aliphatic heterocycles. The molecule has 0 spiro atoms. The summed E-state index contributed by atoms with van der Waals surface area (Å²) in [4.78, 5) is 13.4. The predicted octanol–water partition coefficient (Wildman–Crippen LogP) is 0.997. The number of amides is 1. The Balaban J connectivity index is 4.49. The monoisotopic (exact) mass is 216 g/mol. The van der Waals surface area contributed by atoms with Crippen molar-refractivity contribution in [2.24, 2.45) is 5.73 Å². The highest BCUT2D eigenvalue weighted by molar-refractivity contribution is 5.79. The lowest BCUT2D eigenvalue weighted by atomic mass is 10.1. The van der Waals surface area contributed by atoms with E-state index >= 15 is 0 Å². The molecular formula is C11H24N2O2. The number of ether oxygens (including phenoxy) is 1. The summed E-state index contributed by atoms with van der Waals surface area (Å²) < 4.78 is 5.05. The van der Waals surface area contributed by atoms with Crippen LogP contribution in [0, 0.1) is 0 Å². The van der Waals surface area contributed by atoms with Crippen molar-refractivity contribution in [3.05, 3.63) is 0 Å². The summed E-state index contributed by atoms with van der Waals surface area (Å²) >= 11 is 0. The van der Waals surface area contributed by atoms with Gasteiger partial charge in [-0.05, 0) is 19.8 Å². The third kappa shape index (κ3) is 4.62. The van der Waals surface area contributed by atoms with E-state index in [0.29, 0.717) is 12.6 Å². The Bertz CT molecular complexity index is 185. The van der Waals surface area contributed by atoms with Crippen LogP contribution in [-0.2, 0) is 9.53 Å². The average Bonchev–Trinajstić information content (AvgIpc) is 2.22. The fourth-order valence-corrected chi connectivity index (χ4v) is 1.71. The minimum Gasteiger partial charge on any atom is -0.383 e. The van der Waals surface area contributed by atoms with E-state index in [-0.39, 0.29) is 11.9 Å². The van der Waals surface area contributed by atoms with Crippen LogP contribution >= 0.6 is 0 Å². The maximum atomic E-state index is 11.3. The molecule has 0 fully saturated rings. The molecule has 0 saturated carbocycles. The highest BCUT2D eigenvalue weighted by Crippen LogP contribution is 2.11. The van der Waals surface area contributed by atoms with E-state index in [1.807, 2.05) is 6.92 Å². The van der Waals surface area contributed by atoms with E-state index < -0.39 is 0 Å². The van der Waals surface area contributed by atoms with E-state index in [9.17, 15) is 4.79 Å². The molecule has 0 aliphatic carbocycles. The van der Waals surface area contributed by atoms with Crippen LogP contribution in [0.15, 0.2) is 0 Å². The third-order valence-corrected chi connectivity index (χ3v) is 2.83. The van der Waals surface area contributed by atoms with Crippen LogP contribution in [-0.4, -0.2) is 43.2 Å². The van der Waals surface area contributed by atoms with Crippen LogP contribution in [0.3, 0.4) is 0 Å². The number of rotatable bonds is 8. The first-order valence-electron chi connectivity index (χ1n) is 5.62. The molecule has 0 bridgehead atoms. The summed E-state index contributed by atoms with van der Waals surface area (Å²) in [6.45, 7) is 7.60. The van der Waals surface area contributed by atoms with E-state index in [1.54, 1.807) is 7.11 Å². The Labute approximate surface area is 92.8 Å². The molecule has 4 heteroatoms. The molecular weight excluding hydrogens is 192 g/mol. The first kappa shape index (κ1) is 14.4. The molecule has 0 aliphatic rings. The lowest BCUT2D eigenvalue weighted by Crippen LogP contribution is -2.49. The maximum absolute atomic E-state index is 11.3. The fraction of sp³-hybridized carbons (Fsp3) is 0.909. The molecule has 1 amide bonds. The van der Waals surface area contributed by atoms with Gasteiger partial charge >= 0.3 is 0 Å². The molecule has 0 aromatic carbocycles. The molecule has 0 saturated heterocycles. The van der Waals surface area contributed by atoms with E-state index in [1.165, 1.54) is 0 Å². The second-order valence-corrected chi connectivity index (χ2v) is 3.81. The van der Waals surface area contributed by atoms with Crippen molar-refractivity contribution in [2.75, 3.05) is 20.3 Å². The van der Waals surface area contributed by atoms with Crippen LogP contribution in [0.5, 0.6) is 0 Å². The Morgan fingerprint density at radius 1 is 1.40 bits per heavy atom. The van der Waals surface area contributed by atoms with Crippen molar-refractivity contribution < 1.29 is 9.53 Å². The van der Waals surface area contributed by atoms with Crippen LogP contribution < -0.4 is 5.73 Å². The number of carbonyl (C=O) groups is 1. The third-order valence-electron chi connectivity index (χ3n) is 2.83. The van der Waals surface area contributed by atoms with Gasteiger partial charge in [0.2, 0.25) is 5.91 Å². The molecule has 0 rings (SSSR count). The Morgan fingerprint density at radius 2 is 2.00 bits per heavy atom. The maximum Gasteiger partial charge on any atom is 0.234 e. The smallest absolute Gasteiger partial charge is 0.234 e. The highest BCUT2D eigenvalue weighted by atomic mass is 16.5. The van der Waals surface area contributed by atoms with Gasteiger partial charge in [-0.1, -0.05) is 13.8 Å². The van der Waals surface area contributed by atoms with Gasteiger partial charge in [0, 0.05) is 19.7 Å². The van der Waals surface area contributed by atoms with Gasteiger partial charge in [0.25, 0.3) is 0 Å². The fourth-order valence-electron chi connectivity index (χ4n) is 1.71. The minimum absolute atomic E-state index is 0.171. The number of hydrogen-bond acceptors (Lipinski definition) is 3. The van der Waals surface area contributed by atoms with Gasteiger partial charge in [-0.2, -0.15) is 0 Å². The van der Waals surface area contributed by atoms with Gasteiger partial charge < -0.3 is 10.5 Å². The van der Waals surface area contributed by atoms with E-state index in [4.69, 9.17) is 10.5 Å². The lowest BCUT2D eigenvalue weighted by molar-refractivity contribution is -0.124. The zero-order valence-corrected chi connectivity index (χ0v) is 10.3. The summed E-state index contributed by atoms with van der Waals surface area (Å²) in [5, 5.41) is 0. The van der Waals surface area contributed by atoms with Gasteiger partial charge in [0.05, 0.1) is 12.6 Å². The number of primary amides is 1. The number of methoxy groups -OCH3 is 1. The Hall–Kier alpha value is -0.610. The van der Waals surface area contributed by atoms with Crippen molar-refractivity contribution >= 4 is 5.91 Å². The standard InChI is InChI=1S/C11H24N2O2/c1-5-9(3)13(7-8-15-4)10(6-2)11(12)14/h9-10H,5-8H2,1-4H3,(H2,12,14). The summed E-state index contributed by atoms with van der Waals surface area (Å²) in [5.41, 5.74) is 5.39. The molecule has 0 heterocycles. The number of hydrogen-bond donors (Lipinski definition) is 1. The summed E-state index contributed by atoms with van der Waals surface area (Å²) in [6.07, 6.45) is 1.76. The van der Waals surface area contributed by atoms with Crippen molar-refractivity contribution in [3.8, 4) is 0 Å². The SMILES string of the molecule is CCC(C)N(CCOC)C(CC)C(N)=O. The molecule has 15 heavy (non-hydrogen) atoms. The van der Waals surface area contributed by atoms with Crippen molar-refractivity contribution in [1.29, 1.82) is 0 Å². The number of nitrogens with zero attached hydrogens (tertiary/aromatic N) is 1. The van der Waals surface area contributed by atoms with Crippen LogP contribution in [0.4, 0.5) is 0 Å². The van der Waals surface area contributed by atoms with Gasteiger partial charge in [0.1, 0.15) is 0 Å². The van der Waals surface area contributed by atoms with Crippen molar-refractivity contribution in [3.63, 3.8) is 0 Å². The summed E-state index contributed by atoms with van der Waals surface area (Å²) in [5.74, 6) is -0.242.